The van der Waals surface area contributed by atoms with Crippen molar-refractivity contribution in [1.82, 2.24) is 16.2 Å². The van der Waals surface area contributed by atoms with Gasteiger partial charge in [-0.15, -0.1) is 0 Å². The molecule has 3 unspecified atom stereocenters. The van der Waals surface area contributed by atoms with Crippen LogP contribution in [0.2, 0.25) is 0 Å². The quantitative estimate of drug-likeness (QED) is 0.627. The van der Waals surface area contributed by atoms with Gasteiger partial charge >= 0.3 is 5.97 Å². The van der Waals surface area contributed by atoms with Crippen LogP contribution in [0.4, 0.5) is 4.39 Å². The van der Waals surface area contributed by atoms with Gasteiger partial charge < -0.3 is 10.4 Å². The van der Waals surface area contributed by atoms with Gasteiger partial charge in [0.05, 0.1) is 5.92 Å². The molecule has 3 atom stereocenters. The van der Waals surface area contributed by atoms with Crippen molar-refractivity contribution < 1.29 is 19.1 Å². The number of carboxylic acids is 1. The van der Waals surface area contributed by atoms with Gasteiger partial charge in [-0.3, -0.25) is 15.0 Å². The van der Waals surface area contributed by atoms with Crippen LogP contribution in [0, 0.1) is 11.7 Å². The van der Waals surface area contributed by atoms with Gasteiger partial charge in [-0.2, -0.15) is 0 Å². The second kappa shape index (κ2) is 7.52. The monoisotopic (exact) mass is 323 g/mol. The van der Waals surface area contributed by atoms with Crippen molar-refractivity contribution in [2.24, 2.45) is 5.92 Å². The highest BCUT2D eigenvalue weighted by Crippen LogP contribution is 2.17. The van der Waals surface area contributed by atoms with Crippen LogP contribution in [-0.2, 0) is 9.59 Å². The molecule has 7 heteroatoms. The van der Waals surface area contributed by atoms with Gasteiger partial charge in [0.15, 0.2) is 0 Å². The Morgan fingerprint density at radius 1 is 1.30 bits per heavy atom. The predicted molar refractivity (Wildman–Crippen MR) is 83.1 cm³/mol. The fraction of sp³-hybridized carbons (Fsp3) is 0.500. The van der Waals surface area contributed by atoms with Gasteiger partial charge in [0.1, 0.15) is 11.9 Å². The minimum absolute atomic E-state index is 0.0374. The van der Waals surface area contributed by atoms with Gasteiger partial charge in [0, 0.05) is 12.6 Å². The number of benzene rings is 1. The summed E-state index contributed by atoms with van der Waals surface area (Å²) >= 11 is 0. The van der Waals surface area contributed by atoms with E-state index >= 15 is 0 Å². The fourth-order valence-corrected chi connectivity index (χ4v) is 2.56. The second-order valence-electron chi connectivity index (χ2n) is 6.11. The molecule has 0 aromatic heterocycles. The number of rotatable bonds is 6. The number of hydrogen-bond donors (Lipinski definition) is 4. The molecule has 0 saturated carbocycles. The maximum Gasteiger partial charge on any atom is 0.312 e. The van der Waals surface area contributed by atoms with E-state index in [9.17, 15) is 19.1 Å². The molecule has 0 radical (unpaired) electrons. The zero-order valence-corrected chi connectivity index (χ0v) is 13.2. The Morgan fingerprint density at radius 2 is 1.96 bits per heavy atom. The summed E-state index contributed by atoms with van der Waals surface area (Å²) in [5.41, 5.74) is 6.45. The Balaban J connectivity index is 1.93. The molecule has 6 nitrogen and oxygen atoms in total. The van der Waals surface area contributed by atoms with Crippen molar-refractivity contribution in [3.8, 4) is 0 Å². The molecule has 1 heterocycles. The van der Waals surface area contributed by atoms with E-state index in [0.717, 1.165) is 0 Å². The predicted octanol–water partition coefficient (Wildman–Crippen LogP) is 1.00. The summed E-state index contributed by atoms with van der Waals surface area (Å²) in [7, 11) is 0. The Kier molecular flexibility index (Phi) is 5.68. The fourth-order valence-electron chi connectivity index (χ4n) is 2.56. The molecule has 1 aliphatic rings. The number of aliphatic carboxylic acids is 1. The lowest BCUT2D eigenvalue weighted by atomic mass is 9.98. The summed E-state index contributed by atoms with van der Waals surface area (Å²) in [6.45, 7) is 4.09. The standard InChI is InChI=1S/C16H22FN3O3/c1-9(2)13-7-14(20-19-13)15(21)18-8-12(16(22)23)10-3-5-11(17)6-4-10/h3-6,9,12-14,19-20H,7-8H2,1-2H3,(H,18,21)(H,22,23). The van der Waals surface area contributed by atoms with Crippen molar-refractivity contribution in [3.63, 3.8) is 0 Å². The molecule has 0 spiro atoms. The summed E-state index contributed by atoms with van der Waals surface area (Å²) in [6.07, 6.45) is 0.651. The van der Waals surface area contributed by atoms with Crippen LogP contribution in [0.25, 0.3) is 0 Å². The number of carboxylic acid groups (broad SMARTS) is 1. The zero-order chi connectivity index (χ0) is 17.0. The molecular formula is C16H22FN3O3. The summed E-state index contributed by atoms with van der Waals surface area (Å²) < 4.78 is 12.9. The summed E-state index contributed by atoms with van der Waals surface area (Å²) in [5, 5.41) is 12.0. The Morgan fingerprint density at radius 3 is 2.48 bits per heavy atom. The van der Waals surface area contributed by atoms with E-state index in [2.05, 4.69) is 30.0 Å². The first-order valence-corrected chi connectivity index (χ1v) is 7.65. The van der Waals surface area contributed by atoms with Crippen molar-refractivity contribution in [3.05, 3.63) is 35.6 Å². The highest BCUT2D eigenvalue weighted by molar-refractivity contribution is 5.83. The van der Waals surface area contributed by atoms with E-state index < -0.39 is 17.7 Å². The average Bonchev–Trinajstić information content (AvgIpc) is 2.99. The lowest BCUT2D eigenvalue weighted by Gasteiger charge is -2.16. The number of hydrazine groups is 1. The number of amides is 1. The molecule has 2 rings (SSSR count). The number of carbonyl (C=O) groups excluding carboxylic acids is 1. The molecule has 1 saturated heterocycles. The third-order valence-electron chi connectivity index (χ3n) is 4.10. The highest BCUT2D eigenvalue weighted by atomic mass is 19.1. The Hall–Kier alpha value is -1.99. The van der Waals surface area contributed by atoms with Crippen LogP contribution in [0.1, 0.15) is 31.7 Å². The maximum absolute atomic E-state index is 12.9. The van der Waals surface area contributed by atoms with E-state index in [1.54, 1.807) is 0 Å². The van der Waals surface area contributed by atoms with Crippen LogP contribution < -0.4 is 16.2 Å². The van der Waals surface area contributed by atoms with Crippen molar-refractivity contribution in [2.45, 2.75) is 38.3 Å². The van der Waals surface area contributed by atoms with E-state index in [0.29, 0.717) is 17.9 Å². The largest absolute Gasteiger partial charge is 0.481 e. The first-order chi connectivity index (χ1) is 10.9. The normalized spacial score (nSPS) is 22.1. The van der Waals surface area contributed by atoms with E-state index in [-0.39, 0.29) is 24.5 Å². The topological polar surface area (TPSA) is 90.5 Å². The molecule has 1 aliphatic heterocycles. The molecule has 0 bridgehead atoms. The van der Waals surface area contributed by atoms with Crippen molar-refractivity contribution >= 4 is 11.9 Å². The Bertz CT molecular complexity index is 562. The van der Waals surface area contributed by atoms with Crippen molar-refractivity contribution in [1.29, 1.82) is 0 Å². The van der Waals surface area contributed by atoms with Gasteiger partial charge in [-0.25, -0.2) is 9.82 Å². The Labute approximate surface area is 134 Å². The second-order valence-corrected chi connectivity index (χ2v) is 6.11. The summed E-state index contributed by atoms with van der Waals surface area (Å²) in [5.74, 6) is -2.24. The third kappa shape index (κ3) is 4.49. The minimum Gasteiger partial charge on any atom is -0.481 e. The summed E-state index contributed by atoms with van der Waals surface area (Å²) in [4.78, 5) is 23.5. The third-order valence-corrected chi connectivity index (χ3v) is 4.10. The molecule has 1 aromatic rings. The van der Waals surface area contributed by atoms with E-state index in [1.165, 1.54) is 24.3 Å². The molecular weight excluding hydrogens is 301 g/mol. The molecule has 1 aromatic carbocycles. The average molecular weight is 323 g/mol. The summed E-state index contributed by atoms with van der Waals surface area (Å²) in [6, 6.07) is 5.09. The first-order valence-electron chi connectivity index (χ1n) is 7.65. The smallest absolute Gasteiger partial charge is 0.312 e. The van der Waals surface area contributed by atoms with Gasteiger partial charge in [-0.1, -0.05) is 26.0 Å². The van der Waals surface area contributed by atoms with E-state index in [1.807, 2.05) is 0 Å². The van der Waals surface area contributed by atoms with Gasteiger partial charge in [-0.05, 0) is 30.0 Å². The minimum atomic E-state index is -1.06. The molecule has 4 N–H and O–H groups in total. The van der Waals surface area contributed by atoms with Crippen LogP contribution in [0.3, 0.4) is 0 Å². The number of carbonyl (C=O) groups is 2. The van der Waals surface area contributed by atoms with Crippen LogP contribution in [0.5, 0.6) is 0 Å². The number of halogens is 1. The first kappa shape index (κ1) is 17.4. The number of hydrogen-bond acceptors (Lipinski definition) is 4. The lowest BCUT2D eigenvalue weighted by Crippen LogP contribution is -2.45. The molecule has 23 heavy (non-hydrogen) atoms. The lowest BCUT2D eigenvalue weighted by molar-refractivity contribution is -0.138. The van der Waals surface area contributed by atoms with E-state index in [4.69, 9.17) is 0 Å². The van der Waals surface area contributed by atoms with Crippen LogP contribution >= 0.6 is 0 Å². The maximum atomic E-state index is 12.9. The molecule has 1 amide bonds. The number of nitrogens with one attached hydrogen (secondary N) is 3. The highest BCUT2D eigenvalue weighted by Gasteiger charge is 2.31. The van der Waals surface area contributed by atoms with Crippen LogP contribution in [0.15, 0.2) is 24.3 Å². The molecule has 1 fully saturated rings. The van der Waals surface area contributed by atoms with Gasteiger partial charge in [0.2, 0.25) is 5.91 Å². The van der Waals surface area contributed by atoms with Crippen molar-refractivity contribution in [2.75, 3.05) is 6.54 Å². The molecule has 0 aliphatic carbocycles. The molecule has 126 valence electrons. The van der Waals surface area contributed by atoms with Crippen LogP contribution in [-0.4, -0.2) is 35.6 Å². The zero-order valence-electron chi connectivity index (χ0n) is 13.2. The van der Waals surface area contributed by atoms with Gasteiger partial charge in [0.25, 0.3) is 0 Å². The SMILES string of the molecule is CC(C)C1CC(C(=O)NCC(C(=O)O)c2ccc(F)cc2)NN1.